The molecular formula is C54H93NO7. The third kappa shape index (κ3) is 48.0. The van der Waals surface area contributed by atoms with Crippen molar-refractivity contribution in [3.8, 4) is 0 Å². The number of aliphatic hydroxyl groups is 1. The van der Waals surface area contributed by atoms with Crippen molar-refractivity contribution < 1.29 is 38.5 Å². The molecule has 356 valence electrons. The summed E-state index contributed by atoms with van der Waals surface area (Å²) >= 11 is 0. The number of aliphatic hydroxyl groups excluding tert-OH is 1. The molecule has 0 saturated carbocycles. The summed E-state index contributed by atoms with van der Waals surface area (Å²) in [6.45, 7) is 2.35. The van der Waals surface area contributed by atoms with Crippen LogP contribution in [0, 0.1) is 0 Å². The molecule has 0 rings (SSSR count). The van der Waals surface area contributed by atoms with Crippen LogP contribution in [0.5, 0.6) is 0 Å². The first kappa shape index (κ1) is 59.0. The Balaban J connectivity index is 3.44. The van der Waals surface area contributed by atoms with Gasteiger partial charge in [-0.1, -0.05) is 201 Å². The zero-order valence-electron chi connectivity index (χ0n) is 40.2. The molecule has 8 nitrogen and oxygen atoms in total. The molecular weight excluding hydrogens is 775 g/mol. The normalized spacial score (nSPS) is 13.8. The lowest BCUT2D eigenvalue weighted by atomic mass is 10.0. The first-order valence-electron chi connectivity index (χ1n) is 24.8. The molecule has 0 amide bonds. The first-order valence-corrected chi connectivity index (χ1v) is 24.8. The van der Waals surface area contributed by atoms with Crippen LogP contribution in [0.25, 0.3) is 0 Å². The SMILES string of the molecule is CC/C=C\C/C=C\C/C=C\C/C=C\C/C=C\C/C=C\C/C=C\CCCCCCCCCCCCCCCCCCCCCC(=O)OCC(O)COC(OCC[N+](C)(C)C)C(=O)[O-]. The van der Waals surface area contributed by atoms with Crippen molar-refractivity contribution in [2.45, 2.75) is 199 Å². The average molecular weight is 868 g/mol. The van der Waals surface area contributed by atoms with Crippen molar-refractivity contribution in [2.75, 3.05) is 47.5 Å². The van der Waals surface area contributed by atoms with Gasteiger partial charge in [0.2, 0.25) is 0 Å². The Morgan fingerprint density at radius 3 is 1.23 bits per heavy atom. The maximum absolute atomic E-state index is 12.0. The van der Waals surface area contributed by atoms with Crippen molar-refractivity contribution in [2.24, 2.45) is 0 Å². The van der Waals surface area contributed by atoms with E-state index in [4.69, 9.17) is 14.2 Å². The van der Waals surface area contributed by atoms with Crippen molar-refractivity contribution in [3.63, 3.8) is 0 Å². The number of carboxylic acid groups (broad SMARTS) is 1. The van der Waals surface area contributed by atoms with Crippen LogP contribution in [-0.4, -0.2) is 81.4 Å². The van der Waals surface area contributed by atoms with Crippen molar-refractivity contribution in [3.05, 3.63) is 85.1 Å². The fourth-order valence-corrected chi connectivity index (χ4v) is 6.57. The van der Waals surface area contributed by atoms with Gasteiger partial charge in [0.05, 0.1) is 40.3 Å². The minimum absolute atomic E-state index is 0.169. The van der Waals surface area contributed by atoms with E-state index >= 15 is 0 Å². The van der Waals surface area contributed by atoms with Crippen molar-refractivity contribution in [1.29, 1.82) is 0 Å². The molecule has 0 fully saturated rings. The quantitative estimate of drug-likeness (QED) is 0.0214. The molecule has 0 heterocycles. The van der Waals surface area contributed by atoms with Gasteiger partial charge in [-0.3, -0.25) is 4.79 Å². The van der Waals surface area contributed by atoms with Gasteiger partial charge in [-0.2, -0.15) is 0 Å². The highest BCUT2D eigenvalue weighted by atomic mass is 16.7. The predicted octanol–water partition coefficient (Wildman–Crippen LogP) is 12.5. The van der Waals surface area contributed by atoms with E-state index in [2.05, 4.69) is 92.0 Å². The Kier molecular flexibility index (Phi) is 43.7. The van der Waals surface area contributed by atoms with Gasteiger partial charge in [-0.25, -0.2) is 0 Å². The van der Waals surface area contributed by atoms with Gasteiger partial charge < -0.3 is 33.7 Å². The maximum Gasteiger partial charge on any atom is 0.305 e. The number of ether oxygens (including phenoxy) is 3. The Morgan fingerprint density at radius 2 is 0.855 bits per heavy atom. The number of carboxylic acids is 1. The molecule has 2 unspecified atom stereocenters. The predicted molar refractivity (Wildman–Crippen MR) is 259 cm³/mol. The summed E-state index contributed by atoms with van der Waals surface area (Å²) in [6.07, 6.45) is 62.1. The minimum Gasteiger partial charge on any atom is -0.545 e. The monoisotopic (exact) mass is 868 g/mol. The Labute approximate surface area is 380 Å². The minimum atomic E-state index is -1.58. The number of hydrogen-bond acceptors (Lipinski definition) is 7. The highest BCUT2D eigenvalue weighted by Gasteiger charge is 2.17. The zero-order valence-corrected chi connectivity index (χ0v) is 40.2. The van der Waals surface area contributed by atoms with Crippen LogP contribution in [0.1, 0.15) is 187 Å². The third-order valence-electron chi connectivity index (χ3n) is 10.4. The Bertz CT molecular complexity index is 1230. The molecule has 0 aliphatic heterocycles. The highest BCUT2D eigenvalue weighted by molar-refractivity contribution is 5.69. The van der Waals surface area contributed by atoms with Gasteiger partial charge in [-0.05, 0) is 64.2 Å². The molecule has 0 aromatic heterocycles. The second-order valence-corrected chi connectivity index (χ2v) is 17.6. The van der Waals surface area contributed by atoms with E-state index in [0.717, 1.165) is 64.2 Å². The molecule has 0 radical (unpaired) electrons. The molecule has 1 N–H and O–H groups in total. The van der Waals surface area contributed by atoms with E-state index in [1.165, 1.54) is 109 Å². The van der Waals surface area contributed by atoms with Crippen LogP contribution in [0.3, 0.4) is 0 Å². The summed E-state index contributed by atoms with van der Waals surface area (Å²) in [7, 11) is 5.88. The number of quaternary nitrogens is 1. The van der Waals surface area contributed by atoms with Gasteiger partial charge in [0, 0.05) is 6.42 Å². The summed E-state index contributed by atoms with van der Waals surface area (Å²) in [6, 6.07) is 0. The summed E-state index contributed by atoms with van der Waals surface area (Å²) < 4.78 is 16.0. The van der Waals surface area contributed by atoms with E-state index in [0.29, 0.717) is 17.4 Å². The number of aliphatic carboxylic acids is 1. The standard InChI is InChI=1S/C54H93NO7/c1-5-6-7-8-9-10-11-12-13-14-15-16-17-18-19-20-21-22-23-24-25-26-27-28-29-30-31-32-33-34-35-36-37-38-39-40-41-42-43-44-45-46-52(57)61-49-51(56)50-62-54(53(58)59)60-48-47-55(2,3)4/h6-7,9-10,12-13,15-16,18-19,21-22,24-25,51,54,56H,5,8,11,14,17,20,23,26-50H2,1-4H3/b7-6-,10-9-,13-12-,16-15-,19-18-,22-21-,25-24-. The molecule has 0 aliphatic rings. The largest absolute Gasteiger partial charge is 0.545 e. The molecule has 0 bridgehead atoms. The second kappa shape index (κ2) is 46.0. The van der Waals surface area contributed by atoms with Gasteiger partial charge >= 0.3 is 5.97 Å². The van der Waals surface area contributed by atoms with Gasteiger partial charge in [0.1, 0.15) is 19.3 Å². The van der Waals surface area contributed by atoms with Gasteiger partial charge in [0.25, 0.3) is 0 Å². The van der Waals surface area contributed by atoms with Crippen LogP contribution in [-0.2, 0) is 23.8 Å². The Hall–Kier alpha value is -3.04. The van der Waals surface area contributed by atoms with E-state index in [1.54, 1.807) is 0 Å². The number of esters is 1. The summed E-state index contributed by atoms with van der Waals surface area (Å²) in [4.78, 5) is 23.2. The first-order chi connectivity index (χ1) is 30.2. The second-order valence-electron chi connectivity index (χ2n) is 17.6. The molecule has 0 saturated heterocycles. The topological polar surface area (TPSA) is 105 Å². The van der Waals surface area contributed by atoms with Gasteiger partial charge in [0.15, 0.2) is 6.29 Å². The van der Waals surface area contributed by atoms with Gasteiger partial charge in [-0.15, -0.1) is 0 Å². The number of allylic oxidation sites excluding steroid dienone is 14. The van der Waals surface area contributed by atoms with E-state index < -0.39 is 18.4 Å². The van der Waals surface area contributed by atoms with E-state index in [-0.39, 0.29) is 25.8 Å². The summed E-state index contributed by atoms with van der Waals surface area (Å²) in [5, 5.41) is 21.2. The van der Waals surface area contributed by atoms with Crippen LogP contribution >= 0.6 is 0 Å². The summed E-state index contributed by atoms with van der Waals surface area (Å²) in [5.41, 5.74) is 0. The molecule has 62 heavy (non-hydrogen) atoms. The molecule has 8 heteroatoms. The number of likely N-dealkylation sites (N-methyl/N-ethyl adjacent to an activating group) is 1. The van der Waals surface area contributed by atoms with Crippen molar-refractivity contribution in [1.82, 2.24) is 0 Å². The maximum atomic E-state index is 12.0. The van der Waals surface area contributed by atoms with Crippen LogP contribution in [0.4, 0.5) is 0 Å². The van der Waals surface area contributed by atoms with Crippen LogP contribution in [0.2, 0.25) is 0 Å². The number of nitrogens with zero attached hydrogens (tertiary/aromatic N) is 1. The average Bonchev–Trinajstić information content (AvgIpc) is 3.24. The third-order valence-corrected chi connectivity index (χ3v) is 10.4. The Morgan fingerprint density at radius 1 is 0.500 bits per heavy atom. The van der Waals surface area contributed by atoms with Crippen LogP contribution < -0.4 is 5.11 Å². The molecule has 0 aromatic carbocycles. The molecule has 2 atom stereocenters. The number of unbranched alkanes of at least 4 members (excludes halogenated alkanes) is 19. The number of carbonyl (C=O) groups is 2. The summed E-state index contributed by atoms with van der Waals surface area (Å²) in [5.74, 6) is -1.87. The van der Waals surface area contributed by atoms with Crippen molar-refractivity contribution >= 4 is 11.9 Å². The fourth-order valence-electron chi connectivity index (χ4n) is 6.57. The lowest BCUT2D eigenvalue weighted by molar-refractivity contribution is -0.870. The number of hydrogen-bond donors (Lipinski definition) is 1. The highest BCUT2D eigenvalue weighted by Crippen LogP contribution is 2.15. The fraction of sp³-hybridized carbons (Fsp3) is 0.704. The smallest absolute Gasteiger partial charge is 0.305 e. The van der Waals surface area contributed by atoms with E-state index in [1.807, 2.05) is 21.1 Å². The number of carbonyl (C=O) groups excluding carboxylic acids is 2. The number of rotatable bonds is 45. The molecule has 0 aromatic rings. The lowest BCUT2D eigenvalue weighted by Gasteiger charge is -2.26. The molecule has 0 aliphatic carbocycles. The van der Waals surface area contributed by atoms with Crippen LogP contribution in [0.15, 0.2) is 85.1 Å². The lowest BCUT2D eigenvalue weighted by Crippen LogP contribution is -2.44. The van der Waals surface area contributed by atoms with E-state index in [9.17, 15) is 19.8 Å². The zero-order chi connectivity index (χ0) is 45.5. The molecule has 0 spiro atoms.